The number of benzene rings is 2. The molecular weight excluding hydrogens is 400 g/mol. The van der Waals surface area contributed by atoms with Crippen LogP contribution >= 0.6 is 11.8 Å². The molecule has 0 aliphatic rings. The smallest absolute Gasteiger partial charge is 0.255 e. The van der Waals surface area contributed by atoms with Gasteiger partial charge in [-0.15, -0.1) is 0 Å². The molecule has 2 aromatic rings. The van der Waals surface area contributed by atoms with Gasteiger partial charge in [-0.3, -0.25) is 14.8 Å². The number of amides is 2. The highest BCUT2D eigenvalue weighted by Gasteiger charge is 2.27. The highest BCUT2D eigenvalue weighted by atomic mass is 32.2. The molecule has 2 amide bonds. The van der Waals surface area contributed by atoms with Gasteiger partial charge in [-0.1, -0.05) is 54.6 Å². The van der Waals surface area contributed by atoms with E-state index < -0.39 is 23.8 Å². The van der Waals surface area contributed by atoms with E-state index in [1.165, 1.54) is 0 Å². The first-order valence-electron chi connectivity index (χ1n) is 10.1. The standard InChI is InChI=1S/C23H30N2O4S/c1-30-15-14-20(16-26)24-22(27)21(23(28)25-29)9-5-6-17-10-12-19(13-11-17)18-7-3-2-4-8-18/h2-4,7-8,10-13,20-21,26,29H,5-6,9,14-16H2,1H3,(H,24,27)(H,25,28). The largest absolute Gasteiger partial charge is 0.394 e. The normalized spacial score (nSPS) is 12.8. The van der Waals surface area contributed by atoms with E-state index in [1.54, 1.807) is 17.2 Å². The Labute approximate surface area is 182 Å². The van der Waals surface area contributed by atoms with Crippen LogP contribution in [0.4, 0.5) is 0 Å². The first-order chi connectivity index (χ1) is 14.6. The number of hydroxylamine groups is 1. The lowest BCUT2D eigenvalue weighted by atomic mass is 9.96. The molecule has 2 rings (SSSR count). The fourth-order valence-corrected chi connectivity index (χ4v) is 3.76. The molecule has 0 fully saturated rings. The van der Waals surface area contributed by atoms with E-state index in [1.807, 2.05) is 36.6 Å². The molecule has 0 aliphatic heterocycles. The van der Waals surface area contributed by atoms with Gasteiger partial charge < -0.3 is 10.4 Å². The lowest BCUT2D eigenvalue weighted by Gasteiger charge is -2.20. The highest BCUT2D eigenvalue weighted by molar-refractivity contribution is 7.98. The summed E-state index contributed by atoms with van der Waals surface area (Å²) in [6.45, 7) is -0.187. The minimum Gasteiger partial charge on any atom is -0.394 e. The maximum Gasteiger partial charge on any atom is 0.255 e. The van der Waals surface area contributed by atoms with Gasteiger partial charge in [0, 0.05) is 0 Å². The summed E-state index contributed by atoms with van der Waals surface area (Å²) in [5.74, 6) is -1.40. The van der Waals surface area contributed by atoms with Crippen molar-refractivity contribution in [2.45, 2.75) is 31.7 Å². The Balaban J connectivity index is 1.91. The van der Waals surface area contributed by atoms with Crippen LogP contribution in [0.2, 0.25) is 0 Å². The molecule has 0 bridgehead atoms. The van der Waals surface area contributed by atoms with Crippen LogP contribution in [0.1, 0.15) is 24.8 Å². The number of nitrogens with one attached hydrogen (secondary N) is 2. The van der Waals surface area contributed by atoms with Crippen LogP contribution in [-0.2, 0) is 16.0 Å². The molecule has 2 atom stereocenters. The Kier molecular flexibility index (Phi) is 10.4. The van der Waals surface area contributed by atoms with Crippen molar-refractivity contribution in [2.75, 3.05) is 18.6 Å². The van der Waals surface area contributed by atoms with E-state index in [0.29, 0.717) is 25.7 Å². The van der Waals surface area contributed by atoms with Crippen molar-refractivity contribution in [1.29, 1.82) is 0 Å². The molecule has 7 heteroatoms. The topological polar surface area (TPSA) is 98.7 Å². The number of hydrogen-bond donors (Lipinski definition) is 4. The Hall–Kier alpha value is -2.35. The van der Waals surface area contributed by atoms with Crippen molar-refractivity contribution in [1.82, 2.24) is 10.8 Å². The molecule has 0 aliphatic carbocycles. The summed E-state index contributed by atoms with van der Waals surface area (Å²) in [4.78, 5) is 24.5. The van der Waals surface area contributed by atoms with Gasteiger partial charge >= 0.3 is 0 Å². The molecule has 162 valence electrons. The number of hydrogen-bond acceptors (Lipinski definition) is 5. The van der Waals surface area contributed by atoms with Crippen LogP contribution in [-0.4, -0.2) is 46.8 Å². The predicted octanol–water partition coefficient (Wildman–Crippen LogP) is 3.03. The minimum atomic E-state index is -0.998. The van der Waals surface area contributed by atoms with E-state index in [2.05, 4.69) is 29.6 Å². The first-order valence-corrected chi connectivity index (χ1v) is 11.5. The van der Waals surface area contributed by atoms with Gasteiger partial charge in [-0.25, -0.2) is 5.48 Å². The zero-order valence-electron chi connectivity index (χ0n) is 17.2. The summed E-state index contributed by atoms with van der Waals surface area (Å²) in [5.41, 5.74) is 4.99. The van der Waals surface area contributed by atoms with E-state index in [-0.39, 0.29) is 6.61 Å². The van der Waals surface area contributed by atoms with Crippen LogP contribution in [0.3, 0.4) is 0 Å². The summed E-state index contributed by atoms with van der Waals surface area (Å²) in [6.07, 6.45) is 4.20. The number of aliphatic hydroxyl groups excluding tert-OH is 1. The molecule has 6 nitrogen and oxygen atoms in total. The van der Waals surface area contributed by atoms with Crippen molar-refractivity contribution in [3.05, 3.63) is 60.2 Å². The van der Waals surface area contributed by atoms with Gasteiger partial charge in [0.2, 0.25) is 5.91 Å². The second-order valence-electron chi connectivity index (χ2n) is 7.15. The lowest BCUT2D eigenvalue weighted by molar-refractivity contribution is -0.141. The Morgan fingerprint density at radius 2 is 1.63 bits per heavy atom. The number of aliphatic hydroxyl groups is 1. The van der Waals surface area contributed by atoms with Crippen molar-refractivity contribution in [2.24, 2.45) is 5.92 Å². The zero-order chi connectivity index (χ0) is 21.8. The van der Waals surface area contributed by atoms with E-state index in [0.717, 1.165) is 22.4 Å². The van der Waals surface area contributed by atoms with Gasteiger partial charge in [0.05, 0.1) is 12.6 Å². The second kappa shape index (κ2) is 13.1. The lowest BCUT2D eigenvalue weighted by Crippen LogP contribution is -2.46. The molecule has 30 heavy (non-hydrogen) atoms. The molecular formula is C23H30N2O4S. The molecule has 0 spiro atoms. The Bertz CT molecular complexity index is 784. The molecule has 2 unspecified atom stereocenters. The maximum atomic E-state index is 12.5. The minimum absolute atomic E-state index is 0.187. The summed E-state index contributed by atoms with van der Waals surface area (Å²) in [5, 5.41) is 21.2. The van der Waals surface area contributed by atoms with Crippen molar-refractivity contribution >= 4 is 23.6 Å². The number of rotatable bonds is 12. The van der Waals surface area contributed by atoms with Crippen molar-refractivity contribution < 1.29 is 19.9 Å². The summed E-state index contributed by atoms with van der Waals surface area (Å²) in [7, 11) is 0. The zero-order valence-corrected chi connectivity index (χ0v) is 18.0. The van der Waals surface area contributed by atoms with Crippen LogP contribution in [0.15, 0.2) is 54.6 Å². The van der Waals surface area contributed by atoms with Gasteiger partial charge in [0.25, 0.3) is 5.91 Å². The van der Waals surface area contributed by atoms with Gasteiger partial charge in [-0.05, 0) is 54.4 Å². The van der Waals surface area contributed by atoms with E-state index in [4.69, 9.17) is 5.21 Å². The fraction of sp³-hybridized carbons (Fsp3) is 0.391. The van der Waals surface area contributed by atoms with Crippen LogP contribution in [0.5, 0.6) is 0 Å². The third-order valence-corrected chi connectivity index (χ3v) is 5.64. The number of aryl methyl sites for hydroxylation is 1. The molecule has 0 aromatic heterocycles. The number of carbonyl (C=O) groups excluding carboxylic acids is 2. The van der Waals surface area contributed by atoms with Crippen LogP contribution in [0.25, 0.3) is 11.1 Å². The summed E-state index contributed by atoms with van der Waals surface area (Å²) in [6, 6.07) is 17.9. The molecule has 0 saturated carbocycles. The number of thioether (sulfide) groups is 1. The molecule has 0 saturated heterocycles. The first kappa shape index (κ1) is 23.9. The average Bonchev–Trinajstić information content (AvgIpc) is 2.79. The third kappa shape index (κ3) is 7.48. The fourth-order valence-electron chi connectivity index (χ4n) is 3.23. The van der Waals surface area contributed by atoms with E-state index in [9.17, 15) is 14.7 Å². The molecule has 0 radical (unpaired) electrons. The SMILES string of the molecule is CSCCC(CO)NC(=O)C(CCCc1ccc(-c2ccccc2)cc1)C(=O)NO. The maximum absolute atomic E-state index is 12.5. The molecule has 0 heterocycles. The van der Waals surface area contributed by atoms with Crippen molar-refractivity contribution in [3.8, 4) is 11.1 Å². The molecule has 4 N–H and O–H groups in total. The Morgan fingerprint density at radius 1 is 0.967 bits per heavy atom. The Morgan fingerprint density at radius 3 is 2.23 bits per heavy atom. The third-order valence-electron chi connectivity index (χ3n) is 5.00. The van der Waals surface area contributed by atoms with E-state index >= 15 is 0 Å². The summed E-state index contributed by atoms with van der Waals surface area (Å²) < 4.78 is 0. The van der Waals surface area contributed by atoms with Crippen LogP contribution in [0, 0.1) is 5.92 Å². The van der Waals surface area contributed by atoms with Gasteiger partial charge in [0.15, 0.2) is 0 Å². The number of carbonyl (C=O) groups is 2. The second-order valence-corrected chi connectivity index (χ2v) is 8.14. The summed E-state index contributed by atoms with van der Waals surface area (Å²) >= 11 is 1.62. The van der Waals surface area contributed by atoms with Gasteiger partial charge in [0.1, 0.15) is 5.92 Å². The van der Waals surface area contributed by atoms with Crippen molar-refractivity contribution in [3.63, 3.8) is 0 Å². The predicted molar refractivity (Wildman–Crippen MR) is 120 cm³/mol. The molecule has 2 aromatic carbocycles. The average molecular weight is 431 g/mol. The van der Waals surface area contributed by atoms with Crippen LogP contribution < -0.4 is 10.8 Å². The quantitative estimate of drug-likeness (QED) is 0.236. The highest BCUT2D eigenvalue weighted by Crippen LogP contribution is 2.20. The monoisotopic (exact) mass is 430 g/mol. The van der Waals surface area contributed by atoms with Gasteiger partial charge in [-0.2, -0.15) is 11.8 Å².